The quantitative estimate of drug-likeness (QED) is 0.861. The first kappa shape index (κ1) is 12.4. The van der Waals surface area contributed by atoms with Gasteiger partial charge in [0.15, 0.2) is 0 Å². The highest BCUT2D eigenvalue weighted by Crippen LogP contribution is 2.24. The van der Waals surface area contributed by atoms with Crippen molar-refractivity contribution >= 4 is 21.4 Å². The normalized spacial score (nSPS) is 11.8. The molecule has 2 aromatic rings. The van der Waals surface area contributed by atoms with E-state index in [0.29, 0.717) is 5.69 Å². The van der Waals surface area contributed by atoms with Crippen molar-refractivity contribution in [3.63, 3.8) is 0 Å². The van der Waals surface area contributed by atoms with E-state index in [2.05, 4.69) is 10.2 Å². The molecular formula is C12H11N3O2S. The van der Waals surface area contributed by atoms with Crippen molar-refractivity contribution < 1.29 is 8.42 Å². The Labute approximate surface area is 105 Å². The summed E-state index contributed by atoms with van der Waals surface area (Å²) < 4.78 is 22.7. The van der Waals surface area contributed by atoms with Gasteiger partial charge in [-0.3, -0.25) is 0 Å². The molecule has 18 heavy (non-hydrogen) atoms. The highest BCUT2D eigenvalue weighted by molar-refractivity contribution is 7.89. The largest absolute Gasteiger partial charge is 0.240 e. The van der Waals surface area contributed by atoms with Crippen LogP contribution in [0.1, 0.15) is 0 Å². The van der Waals surface area contributed by atoms with Gasteiger partial charge in [-0.1, -0.05) is 30.3 Å². The Balaban J connectivity index is 2.39. The number of hydrogen-bond donors (Lipinski definition) is 1. The van der Waals surface area contributed by atoms with Crippen molar-refractivity contribution in [3.05, 3.63) is 54.6 Å². The topological polar surface area (TPSA) is 84.9 Å². The third kappa shape index (κ3) is 2.99. The Hall–Kier alpha value is -2.05. The summed E-state index contributed by atoms with van der Waals surface area (Å²) in [5.41, 5.74) is 0.866. The fraction of sp³-hybridized carbons (Fsp3) is 0. The molecule has 5 nitrogen and oxygen atoms in total. The molecule has 0 atom stereocenters. The Morgan fingerprint density at radius 1 is 0.833 bits per heavy atom. The SMILES string of the molecule is NS(=O)(=O)c1ccccc1/N=N/c1ccccc1. The van der Waals surface area contributed by atoms with E-state index in [4.69, 9.17) is 5.14 Å². The zero-order chi connectivity index (χ0) is 13.0. The van der Waals surface area contributed by atoms with E-state index >= 15 is 0 Å². The number of primary sulfonamides is 1. The lowest BCUT2D eigenvalue weighted by molar-refractivity contribution is 0.598. The third-order valence-corrected chi connectivity index (χ3v) is 3.16. The zero-order valence-corrected chi connectivity index (χ0v) is 10.2. The molecule has 2 rings (SSSR count). The lowest BCUT2D eigenvalue weighted by Gasteiger charge is -2.01. The number of nitrogens with two attached hydrogens (primary N) is 1. The second kappa shape index (κ2) is 5.07. The number of sulfonamides is 1. The highest BCUT2D eigenvalue weighted by Gasteiger charge is 2.12. The molecule has 0 fully saturated rings. The minimum absolute atomic E-state index is 0.0373. The molecule has 0 spiro atoms. The first-order chi connectivity index (χ1) is 8.57. The van der Waals surface area contributed by atoms with Crippen molar-refractivity contribution in [2.75, 3.05) is 0 Å². The molecule has 2 aromatic carbocycles. The van der Waals surface area contributed by atoms with Crippen molar-refractivity contribution in [1.82, 2.24) is 0 Å². The molecule has 0 aliphatic rings. The second-order valence-electron chi connectivity index (χ2n) is 3.55. The van der Waals surface area contributed by atoms with Crippen LogP contribution in [0.5, 0.6) is 0 Å². The maximum atomic E-state index is 11.3. The average molecular weight is 261 g/mol. The number of benzene rings is 2. The van der Waals surface area contributed by atoms with Gasteiger partial charge in [-0.15, -0.1) is 5.11 Å². The van der Waals surface area contributed by atoms with Gasteiger partial charge < -0.3 is 0 Å². The molecule has 0 amide bonds. The van der Waals surface area contributed by atoms with Crippen LogP contribution in [0.2, 0.25) is 0 Å². The van der Waals surface area contributed by atoms with E-state index in [1.807, 2.05) is 18.2 Å². The molecule has 2 N–H and O–H groups in total. The van der Waals surface area contributed by atoms with Gasteiger partial charge in [-0.05, 0) is 24.3 Å². The van der Waals surface area contributed by atoms with Crippen LogP contribution in [0.4, 0.5) is 11.4 Å². The third-order valence-electron chi connectivity index (χ3n) is 2.20. The smallest absolute Gasteiger partial charge is 0.225 e. The summed E-state index contributed by atoms with van der Waals surface area (Å²) in [6.07, 6.45) is 0. The summed E-state index contributed by atoms with van der Waals surface area (Å²) in [5, 5.41) is 13.0. The van der Waals surface area contributed by atoms with Gasteiger partial charge in [-0.2, -0.15) is 5.11 Å². The monoisotopic (exact) mass is 261 g/mol. The molecular weight excluding hydrogens is 250 g/mol. The van der Waals surface area contributed by atoms with Crippen molar-refractivity contribution in [3.8, 4) is 0 Å². The summed E-state index contributed by atoms with van der Waals surface area (Å²) in [6.45, 7) is 0. The molecule has 0 bridgehead atoms. The number of azo groups is 1. The van der Waals surface area contributed by atoms with Crippen LogP contribution in [0.15, 0.2) is 69.7 Å². The van der Waals surface area contributed by atoms with Crippen molar-refractivity contribution in [2.45, 2.75) is 4.90 Å². The Kier molecular flexibility index (Phi) is 3.50. The minimum Gasteiger partial charge on any atom is -0.225 e. The van der Waals surface area contributed by atoms with Gasteiger partial charge in [0.05, 0.1) is 5.69 Å². The van der Waals surface area contributed by atoms with Crippen molar-refractivity contribution in [2.24, 2.45) is 15.4 Å². The van der Waals surface area contributed by atoms with Crippen LogP contribution in [-0.2, 0) is 10.0 Å². The van der Waals surface area contributed by atoms with E-state index in [1.54, 1.807) is 30.3 Å². The molecule has 0 aliphatic heterocycles. The van der Waals surface area contributed by atoms with Crippen LogP contribution < -0.4 is 5.14 Å². The molecule has 0 heterocycles. The molecule has 0 radical (unpaired) electrons. The molecule has 92 valence electrons. The first-order valence-corrected chi connectivity index (χ1v) is 6.70. The Morgan fingerprint density at radius 2 is 1.44 bits per heavy atom. The Bertz CT molecular complexity index is 667. The van der Waals surface area contributed by atoms with Gasteiger partial charge in [0.1, 0.15) is 10.6 Å². The number of rotatable bonds is 3. The fourth-order valence-electron chi connectivity index (χ4n) is 1.39. The van der Waals surface area contributed by atoms with Gasteiger partial charge in [0.2, 0.25) is 10.0 Å². The zero-order valence-electron chi connectivity index (χ0n) is 9.39. The van der Waals surface area contributed by atoms with Gasteiger partial charge in [0, 0.05) is 0 Å². The van der Waals surface area contributed by atoms with E-state index in [0.717, 1.165) is 0 Å². The fourth-order valence-corrected chi connectivity index (χ4v) is 2.06. The predicted molar refractivity (Wildman–Crippen MR) is 68.4 cm³/mol. The van der Waals surface area contributed by atoms with Crippen LogP contribution in [0.25, 0.3) is 0 Å². The highest BCUT2D eigenvalue weighted by atomic mass is 32.2. The van der Waals surface area contributed by atoms with Gasteiger partial charge in [-0.25, -0.2) is 13.6 Å². The van der Waals surface area contributed by atoms with Crippen LogP contribution in [0, 0.1) is 0 Å². The summed E-state index contributed by atoms with van der Waals surface area (Å²) in [6, 6.07) is 15.2. The molecule has 0 saturated carbocycles. The standard InChI is InChI=1S/C12H11N3O2S/c13-18(16,17)12-9-5-4-8-11(12)15-14-10-6-2-1-3-7-10/h1-9H,(H2,13,16,17)/b15-14+. The number of hydrogen-bond acceptors (Lipinski definition) is 4. The molecule has 0 aliphatic carbocycles. The molecule has 6 heteroatoms. The summed E-state index contributed by atoms with van der Waals surface area (Å²) in [4.78, 5) is -0.0373. The van der Waals surface area contributed by atoms with E-state index < -0.39 is 10.0 Å². The van der Waals surface area contributed by atoms with Crippen LogP contribution in [0.3, 0.4) is 0 Å². The number of nitrogens with zero attached hydrogens (tertiary/aromatic N) is 2. The van der Waals surface area contributed by atoms with Crippen LogP contribution >= 0.6 is 0 Å². The second-order valence-corrected chi connectivity index (χ2v) is 5.08. The minimum atomic E-state index is -3.79. The molecule has 0 aromatic heterocycles. The maximum absolute atomic E-state index is 11.3. The van der Waals surface area contributed by atoms with Gasteiger partial charge in [0.25, 0.3) is 0 Å². The van der Waals surface area contributed by atoms with Crippen molar-refractivity contribution in [1.29, 1.82) is 0 Å². The maximum Gasteiger partial charge on any atom is 0.240 e. The molecule has 0 unspecified atom stereocenters. The predicted octanol–water partition coefficient (Wildman–Crippen LogP) is 2.75. The van der Waals surface area contributed by atoms with Crippen LogP contribution in [-0.4, -0.2) is 8.42 Å². The lowest BCUT2D eigenvalue weighted by atomic mass is 10.3. The molecule has 0 saturated heterocycles. The Morgan fingerprint density at radius 3 is 2.11 bits per heavy atom. The van der Waals surface area contributed by atoms with E-state index in [-0.39, 0.29) is 10.6 Å². The van der Waals surface area contributed by atoms with E-state index in [1.165, 1.54) is 6.07 Å². The summed E-state index contributed by atoms with van der Waals surface area (Å²) in [7, 11) is -3.79. The lowest BCUT2D eigenvalue weighted by Crippen LogP contribution is -2.12. The van der Waals surface area contributed by atoms with E-state index in [9.17, 15) is 8.42 Å². The first-order valence-electron chi connectivity index (χ1n) is 5.16. The average Bonchev–Trinajstić information content (AvgIpc) is 2.37. The summed E-state index contributed by atoms with van der Waals surface area (Å²) in [5.74, 6) is 0. The van der Waals surface area contributed by atoms with Gasteiger partial charge >= 0.3 is 0 Å². The summed E-state index contributed by atoms with van der Waals surface area (Å²) >= 11 is 0.